The van der Waals surface area contributed by atoms with E-state index in [1.54, 1.807) is 0 Å². The molecule has 0 aliphatic heterocycles. The molecule has 2 aromatic carbocycles. The van der Waals surface area contributed by atoms with Gasteiger partial charge in [-0.25, -0.2) is 9.59 Å². The molecule has 1 aliphatic rings. The van der Waals surface area contributed by atoms with Crippen LogP contribution in [0.25, 0.3) is 0 Å². The summed E-state index contributed by atoms with van der Waals surface area (Å²) in [7, 11) is 0. The van der Waals surface area contributed by atoms with Gasteiger partial charge in [0.1, 0.15) is 13.2 Å². The van der Waals surface area contributed by atoms with Gasteiger partial charge in [0.25, 0.3) is 0 Å². The lowest BCUT2D eigenvalue weighted by Crippen LogP contribution is -2.52. The topological polar surface area (TPSA) is 76.7 Å². The molecule has 0 saturated carbocycles. The first-order chi connectivity index (χ1) is 13.7. The maximum absolute atomic E-state index is 12.1. The third kappa shape index (κ3) is 6.16. The van der Waals surface area contributed by atoms with Crippen molar-refractivity contribution in [1.29, 1.82) is 0 Å². The molecule has 2 atom stereocenters. The monoisotopic (exact) mass is 380 g/mol. The third-order valence-corrected chi connectivity index (χ3v) is 4.46. The van der Waals surface area contributed by atoms with Crippen molar-refractivity contribution >= 4 is 12.2 Å². The zero-order chi connectivity index (χ0) is 19.6. The van der Waals surface area contributed by atoms with E-state index >= 15 is 0 Å². The number of rotatable bonds is 6. The van der Waals surface area contributed by atoms with Gasteiger partial charge in [0.15, 0.2) is 0 Å². The fourth-order valence-electron chi connectivity index (χ4n) is 2.97. The Morgan fingerprint density at radius 2 is 1.11 bits per heavy atom. The van der Waals surface area contributed by atoms with Crippen molar-refractivity contribution in [3.63, 3.8) is 0 Å². The molecule has 0 saturated heterocycles. The van der Waals surface area contributed by atoms with Crippen molar-refractivity contribution in [1.82, 2.24) is 10.6 Å². The van der Waals surface area contributed by atoms with E-state index in [4.69, 9.17) is 9.47 Å². The van der Waals surface area contributed by atoms with E-state index < -0.39 is 12.2 Å². The Hall–Kier alpha value is -3.28. The van der Waals surface area contributed by atoms with Gasteiger partial charge in [-0.2, -0.15) is 0 Å². The average Bonchev–Trinajstić information content (AvgIpc) is 2.74. The molecule has 0 aromatic heterocycles. The number of ether oxygens (including phenoxy) is 2. The van der Waals surface area contributed by atoms with E-state index in [-0.39, 0.29) is 25.3 Å². The fraction of sp³-hybridized carbons (Fsp3) is 0.273. The number of carbonyl (C=O) groups excluding carboxylic acids is 2. The summed E-state index contributed by atoms with van der Waals surface area (Å²) in [5.41, 5.74) is 1.83. The van der Waals surface area contributed by atoms with Crippen LogP contribution in [-0.2, 0) is 22.7 Å². The fourth-order valence-corrected chi connectivity index (χ4v) is 2.97. The molecule has 6 nitrogen and oxygen atoms in total. The Balaban J connectivity index is 1.45. The van der Waals surface area contributed by atoms with Gasteiger partial charge in [-0.3, -0.25) is 0 Å². The van der Waals surface area contributed by atoms with Crippen LogP contribution in [0.4, 0.5) is 9.59 Å². The van der Waals surface area contributed by atoms with Crippen LogP contribution in [0, 0.1) is 0 Å². The smallest absolute Gasteiger partial charge is 0.407 e. The third-order valence-electron chi connectivity index (χ3n) is 4.46. The van der Waals surface area contributed by atoms with Gasteiger partial charge < -0.3 is 20.1 Å². The van der Waals surface area contributed by atoms with Crippen molar-refractivity contribution in [3.05, 3.63) is 83.9 Å². The lowest BCUT2D eigenvalue weighted by Gasteiger charge is -2.29. The zero-order valence-electron chi connectivity index (χ0n) is 15.5. The maximum Gasteiger partial charge on any atom is 0.407 e. The van der Waals surface area contributed by atoms with Gasteiger partial charge in [-0.1, -0.05) is 72.8 Å². The highest BCUT2D eigenvalue weighted by Gasteiger charge is 2.26. The second-order valence-electron chi connectivity index (χ2n) is 6.57. The van der Waals surface area contributed by atoms with Crippen LogP contribution in [0.1, 0.15) is 24.0 Å². The molecule has 0 fully saturated rings. The highest BCUT2D eigenvalue weighted by Crippen LogP contribution is 2.13. The Morgan fingerprint density at radius 1 is 0.714 bits per heavy atom. The van der Waals surface area contributed by atoms with Gasteiger partial charge in [-0.05, 0) is 24.0 Å². The standard InChI is InChI=1S/C22H24N2O4/c25-21(27-15-17-9-3-1-4-10-17)23-19-13-7-8-14-20(19)24-22(26)28-16-18-11-5-2-6-12-18/h1-12,19-20H,13-16H2,(H,23,25)(H,24,26)/t19-,20?/m0/s1. The van der Waals surface area contributed by atoms with Crippen LogP contribution in [0.15, 0.2) is 72.8 Å². The Bertz CT molecular complexity index is 725. The molecule has 0 radical (unpaired) electrons. The van der Waals surface area contributed by atoms with Crippen molar-refractivity contribution in [2.75, 3.05) is 0 Å². The lowest BCUT2D eigenvalue weighted by atomic mass is 9.96. The van der Waals surface area contributed by atoms with Gasteiger partial charge >= 0.3 is 12.2 Å². The molecule has 0 heterocycles. The predicted octanol–water partition coefficient (Wildman–Crippen LogP) is 3.93. The normalized spacial score (nSPS) is 18.1. The van der Waals surface area contributed by atoms with E-state index in [1.165, 1.54) is 0 Å². The highest BCUT2D eigenvalue weighted by atomic mass is 16.6. The summed E-state index contributed by atoms with van der Waals surface area (Å²) in [6, 6.07) is 18.5. The SMILES string of the molecule is O=C(NC1CC=CC[C@@H]1NC(=O)OCc1ccccc1)OCc1ccccc1. The van der Waals surface area contributed by atoms with Gasteiger partial charge in [0, 0.05) is 0 Å². The van der Waals surface area contributed by atoms with Crippen LogP contribution in [0.3, 0.4) is 0 Å². The number of alkyl carbamates (subject to hydrolysis) is 2. The Morgan fingerprint density at radius 3 is 1.50 bits per heavy atom. The van der Waals surface area contributed by atoms with E-state index in [0.29, 0.717) is 12.8 Å². The molecule has 0 bridgehead atoms. The average molecular weight is 380 g/mol. The molecule has 146 valence electrons. The maximum atomic E-state index is 12.1. The predicted molar refractivity (Wildman–Crippen MR) is 105 cm³/mol. The Kier molecular flexibility index (Phi) is 7.07. The molecule has 3 rings (SSSR count). The summed E-state index contributed by atoms with van der Waals surface area (Å²) in [4.78, 5) is 24.3. The number of benzene rings is 2. The molecule has 6 heteroatoms. The summed E-state index contributed by atoms with van der Waals surface area (Å²) in [6.07, 6.45) is 4.18. The van der Waals surface area contributed by atoms with E-state index in [0.717, 1.165) is 11.1 Å². The van der Waals surface area contributed by atoms with E-state index in [2.05, 4.69) is 10.6 Å². The summed E-state index contributed by atoms with van der Waals surface area (Å²) in [5, 5.41) is 5.67. The molecular formula is C22H24N2O4. The first kappa shape index (κ1) is 19.5. The molecule has 28 heavy (non-hydrogen) atoms. The molecule has 1 aliphatic carbocycles. The molecule has 0 spiro atoms. The minimum atomic E-state index is -0.506. The summed E-state index contributed by atoms with van der Waals surface area (Å²) in [6.45, 7) is 0.402. The molecule has 1 unspecified atom stereocenters. The van der Waals surface area contributed by atoms with E-state index in [9.17, 15) is 9.59 Å². The summed E-state index contributed by atoms with van der Waals surface area (Å²) >= 11 is 0. The molecular weight excluding hydrogens is 356 g/mol. The number of hydrogen-bond acceptors (Lipinski definition) is 4. The van der Waals surface area contributed by atoms with Crippen LogP contribution >= 0.6 is 0 Å². The van der Waals surface area contributed by atoms with Crippen molar-refractivity contribution in [2.45, 2.75) is 38.1 Å². The van der Waals surface area contributed by atoms with Crippen LogP contribution in [0.2, 0.25) is 0 Å². The van der Waals surface area contributed by atoms with Crippen molar-refractivity contribution in [3.8, 4) is 0 Å². The second-order valence-corrected chi connectivity index (χ2v) is 6.57. The van der Waals surface area contributed by atoms with Crippen LogP contribution in [0.5, 0.6) is 0 Å². The van der Waals surface area contributed by atoms with Gasteiger partial charge in [-0.15, -0.1) is 0 Å². The largest absolute Gasteiger partial charge is 0.445 e. The minimum absolute atomic E-state index is 0.201. The van der Waals surface area contributed by atoms with Gasteiger partial charge in [0.05, 0.1) is 12.1 Å². The van der Waals surface area contributed by atoms with Crippen molar-refractivity contribution < 1.29 is 19.1 Å². The first-order valence-electron chi connectivity index (χ1n) is 9.30. The number of nitrogens with one attached hydrogen (secondary N) is 2. The molecule has 2 amide bonds. The quantitative estimate of drug-likeness (QED) is 0.745. The molecule has 2 N–H and O–H groups in total. The summed E-state index contributed by atoms with van der Waals surface area (Å²) in [5.74, 6) is 0. The van der Waals surface area contributed by atoms with Gasteiger partial charge in [0.2, 0.25) is 0 Å². The lowest BCUT2D eigenvalue weighted by molar-refractivity contribution is 0.123. The van der Waals surface area contributed by atoms with E-state index in [1.807, 2.05) is 72.8 Å². The number of hydrogen-bond donors (Lipinski definition) is 2. The highest BCUT2D eigenvalue weighted by molar-refractivity contribution is 5.69. The van der Waals surface area contributed by atoms with Crippen LogP contribution in [-0.4, -0.2) is 24.3 Å². The summed E-state index contributed by atoms with van der Waals surface area (Å²) < 4.78 is 10.5. The Labute approximate surface area is 164 Å². The second kappa shape index (κ2) is 10.2. The number of amides is 2. The van der Waals surface area contributed by atoms with Crippen LogP contribution < -0.4 is 10.6 Å². The molecule has 2 aromatic rings. The number of carbonyl (C=O) groups is 2. The first-order valence-corrected chi connectivity index (χ1v) is 9.30. The minimum Gasteiger partial charge on any atom is -0.445 e. The van der Waals surface area contributed by atoms with Crippen molar-refractivity contribution in [2.24, 2.45) is 0 Å². The zero-order valence-corrected chi connectivity index (χ0v) is 15.5.